The van der Waals surface area contributed by atoms with Crippen molar-refractivity contribution in [3.05, 3.63) is 96.8 Å². The van der Waals surface area contributed by atoms with E-state index in [1.54, 1.807) is 49.6 Å². The van der Waals surface area contributed by atoms with E-state index in [1.165, 1.54) is 4.90 Å². The quantitative estimate of drug-likeness (QED) is 0.270. The third-order valence-electron chi connectivity index (χ3n) is 5.01. The average molecular weight is 579 g/mol. The Bertz CT molecular complexity index is 1280. The summed E-state index contributed by atoms with van der Waals surface area (Å²) < 4.78 is 12.4. The van der Waals surface area contributed by atoms with Crippen LogP contribution in [0.25, 0.3) is 6.08 Å². The van der Waals surface area contributed by atoms with Gasteiger partial charge >= 0.3 is 0 Å². The van der Waals surface area contributed by atoms with Gasteiger partial charge in [-0.2, -0.15) is 0 Å². The smallest absolute Gasteiger partial charge is 0.293 e. The molecular weight excluding hydrogens is 561 g/mol. The number of nitrogens with zero attached hydrogens (tertiary/aromatic N) is 1. The van der Waals surface area contributed by atoms with Crippen LogP contribution in [0.4, 0.5) is 4.79 Å². The molecule has 0 radical (unpaired) electrons. The normalized spacial score (nSPS) is 14.7. The lowest BCUT2D eigenvalue weighted by molar-refractivity contribution is -0.123. The molecule has 9 heteroatoms. The van der Waals surface area contributed by atoms with Gasteiger partial charge in [-0.25, -0.2) is 0 Å². The average Bonchev–Trinajstić information content (AvgIpc) is 3.07. The Hall–Kier alpha value is -2.45. The van der Waals surface area contributed by atoms with Gasteiger partial charge in [-0.3, -0.25) is 14.5 Å². The van der Waals surface area contributed by atoms with E-state index in [4.69, 9.17) is 32.7 Å². The molecule has 1 aliphatic heterocycles. The number of hydrogen-bond donors (Lipinski definition) is 0. The second-order valence-electron chi connectivity index (χ2n) is 7.33. The molecule has 0 bridgehead atoms. The molecule has 4 rings (SSSR count). The van der Waals surface area contributed by atoms with Crippen molar-refractivity contribution in [3.63, 3.8) is 0 Å². The molecule has 3 aromatic rings. The summed E-state index contributed by atoms with van der Waals surface area (Å²) in [6.07, 6.45) is 1.67. The van der Waals surface area contributed by atoms with Gasteiger partial charge in [0.1, 0.15) is 6.61 Å². The highest BCUT2D eigenvalue weighted by Crippen LogP contribution is 2.36. The number of halogens is 3. The molecule has 0 N–H and O–H groups in total. The number of amides is 2. The fourth-order valence-corrected chi connectivity index (χ4v) is 4.82. The Balaban J connectivity index is 1.52. The number of hydrogen-bond acceptors (Lipinski definition) is 5. The number of imide groups is 1. The minimum Gasteiger partial charge on any atom is -0.493 e. The SMILES string of the molecule is COc1ccc(/C=C2\SC(=O)N(Cc3ccc(Cl)cc3Cl)C2=O)cc1OCc1ccc(Br)cc1. The Morgan fingerprint density at radius 2 is 1.76 bits per heavy atom. The molecule has 0 aliphatic carbocycles. The molecule has 1 fully saturated rings. The van der Waals surface area contributed by atoms with E-state index in [9.17, 15) is 9.59 Å². The minimum atomic E-state index is -0.380. The second-order valence-corrected chi connectivity index (χ2v) is 10.1. The maximum absolute atomic E-state index is 12.9. The summed E-state index contributed by atoms with van der Waals surface area (Å²) in [5.41, 5.74) is 2.35. The molecule has 0 aromatic heterocycles. The van der Waals surface area contributed by atoms with E-state index in [-0.39, 0.29) is 17.7 Å². The molecule has 1 heterocycles. The molecule has 34 heavy (non-hydrogen) atoms. The summed E-state index contributed by atoms with van der Waals surface area (Å²) in [4.78, 5) is 27.0. The largest absolute Gasteiger partial charge is 0.493 e. The lowest BCUT2D eigenvalue weighted by atomic mass is 10.1. The van der Waals surface area contributed by atoms with Crippen molar-refractivity contribution >= 4 is 68.1 Å². The summed E-state index contributed by atoms with van der Waals surface area (Å²) in [7, 11) is 1.56. The Morgan fingerprint density at radius 1 is 1.00 bits per heavy atom. The van der Waals surface area contributed by atoms with E-state index in [0.29, 0.717) is 44.2 Å². The fourth-order valence-electron chi connectivity index (χ4n) is 3.25. The van der Waals surface area contributed by atoms with Gasteiger partial charge < -0.3 is 9.47 Å². The van der Waals surface area contributed by atoms with Gasteiger partial charge in [-0.1, -0.05) is 63.4 Å². The number of carbonyl (C=O) groups excluding carboxylic acids is 2. The van der Waals surface area contributed by atoms with Crippen molar-refractivity contribution in [2.45, 2.75) is 13.2 Å². The van der Waals surface area contributed by atoms with Crippen LogP contribution in [0.5, 0.6) is 11.5 Å². The first kappa shape index (κ1) is 24.7. The van der Waals surface area contributed by atoms with Gasteiger partial charge in [0.25, 0.3) is 11.1 Å². The molecule has 174 valence electrons. The van der Waals surface area contributed by atoms with Crippen molar-refractivity contribution < 1.29 is 19.1 Å². The molecule has 2 amide bonds. The second kappa shape index (κ2) is 10.9. The molecule has 0 atom stereocenters. The summed E-state index contributed by atoms with van der Waals surface area (Å²) >= 11 is 16.5. The predicted octanol–water partition coefficient (Wildman–Crippen LogP) is 7.58. The van der Waals surface area contributed by atoms with E-state index >= 15 is 0 Å². The number of thioether (sulfide) groups is 1. The zero-order chi connectivity index (χ0) is 24.2. The van der Waals surface area contributed by atoms with Crippen LogP contribution >= 0.6 is 50.9 Å². The van der Waals surface area contributed by atoms with E-state index in [1.807, 2.05) is 24.3 Å². The highest BCUT2D eigenvalue weighted by Gasteiger charge is 2.35. The molecule has 5 nitrogen and oxygen atoms in total. The fraction of sp³-hybridized carbons (Fsp3) is 0.120. The summed E-state index contributed by atoms with van der Waals surface area (Å²) in [5, 5.41) is 0.529. The van der Waals surface area contributed by atoms with Crippen LogP contribution in [0, 0.1) is 0 Å². The summed E-state index contributed by atoms with van der Waals surface area (Å²) in [5.74, 6) is 0.722. The highest BCUT2D eigenvalue weighted by atomic mass is 79.9. The van der Waals surface area contributed by atoms with Crippen LogP contribution in [-0.2, 0) is 17.9 Å². The standard InChI is InChI=1S/C25H18BrCl2NO4S/c1-32-21-9-4-16(10-22(21)33-14-15-2-6-18(26)7-3-15)11-23-24(30)29(25(31)34-23)13-17-5-8-19(27)12-20(17)28/h2-12H,13-14H2,1H3/b23-11-. The molecule has 1 aliphatic rings. The van der Waals surface area contributed by atoms with Crippen LogP contribution in [0.3, 0.4) is 0 Å². The molecule has 1 saturated heterocycles. The van der Waals surface area contributed by atoms with Gasteiger partial charge in [0.2, 0.25) is 0 Å². The molecule has 0 saturated carbocycles. The monoisotopic (exact) mass is 577 g/mol. The topological polar surface area (TPSA) is 55.8 Å². The lowest BCUT2D eigenvalue weighted by Gasteiger charge is -2.14. The number of ether oxygens (including phenoxy) is 2. The first-order valence-electron chi connectivity index (χ1n) is 10.1. The maximum Gasteiger partial charge on any atom is 0.293 e. The van der Waals surface area contributed by atoms with E-state index in [0.717, 1.165) is 21.8 Å². The van der Waals surface area contributed by atoms with Gasteiger partial charge in [-0.05, 0) is 70.9 Å². The van der Waals surface area contributed by atoms with Gasteiger partial charge in [0, 0.05) is 14.5 Å². The first-order valence-corrected chi connectivity index (χ1v) is 12.4. The summed E-state index contributed by atoms with van der Waals surface area (Å²) in [6, 6.07) is 18.1. The minimum absolute atomic E-state index is 0.0716. The van der Waals surface area contributed by atoms with Crippen molar-refractivity contribution in [2.75, 3.05) is 7.11 Å². The van der Waals surface area contributed by atoms with Crippen molar-refractivity contribution in [2.24, 2.45) is 0 Å². The number of rotatable bonds is 7. The van der Waals surface area contributed by atoms with Crippen molar-refractivity contribution in [3.8, 4) is 11.5 Å². The first-order chi connectivity index (χ1) is 16.3. The molecule has 0 unspecified atom stereocenters. The van der Waals surface area contributed by atoms with Crippen LogP contribution in [0.15, 0.2) is 70.0 Å². The van der Waals surface area contributed by atoms with Crippen LogP contribution in [0.1, 0.15) is 16.7 Å². The molecule has 0 spiro atoms. The van der Waals surface area contributed by atoms with Gasteiger partial charge in [0.05, 0.1) is 18.6 Å². The lowest BCUT2D eigenvalue weighted by Crippen LogP contribution is -2.27. The number of benzene rings is 3. The Morgan fingerprint density at radius 3 is 2.47 bits per heavy atom. The highest BCUT2D eigenvalue weighted by molar-refractivity contribution is 9.10. The zero-order valence-electron chi connectivity index (χ0n) is 17.9. The van der Waals surface area contributed by atoms with Crippen LogP contribution in [0.2, 0.25) is 10.0 Å². The van der Waals surface area contributed by atoms with E-state index in [2.05, 4.69) is 15.9 Å². The predicted molar refractivity (Wildman–Crippen MR) is 139 cm³/mol. The van der Waals surface area contributed by atoms with Crippen molar-refractivity contribution in [1.82, 2.24) is 4.90 Å². The Labute approximate surface area is 219 Å². The maximum atomic E-state index is 12.9. The van der Waals surface area contributed by atoms with E-state index < -0.39 is 0 Å². The number of methoxy groups -OCH3 is 1. The van der Waals surface area contributed by atoms with Crippen LogP contribution in [-0.4, -0.2) is 23.2 Å². The summed E-state index contributed by atoms with van der Waals surface area (Å²) in [6.45, 7) is 0.424. The third-order valence-corrected chi connectivity index (χ3v) is 7.03. The third kappa shape index (κ3) is 5.78. The molecular formula is C25H18BrCl2NO4S. The zero-order valence-corrected chi connectivity index (χ0v) is 21.8. The van der Waals surface area contributed by atoms with Crippen molar-refractivity contribution in [1.29, 1.82) is 0 Å². The molecule has 3 aromatic carbocycles. The van der Waals surface area contributed by atoms with Crippen LogP contribution < -0.4 is 9.47 Å². The van der Waals surface area contributed by atoms with Gasteiger partial charge in [0.15, 0.2) is 11.5 Å². The number of carbonyl (C=O) groups is 2. The Kier molecular flexibility index (Phi) is 7.88. The van der Waals surface area contributed by atoms with Gasteiger partial charge in [-0.15, -0.1) is 0 Å².